The van der Waals surface area contributed by atoms with E-state index < -0.39 is 5.97 Å². The van der Waals surface area contributed by atoms with Crippen molar-refractivity contribution in [1.82, 2.24) is 5.32 Å². The number of hydrogen-bond acceptors (Lipinski definition) is 2. The number of amides is 2. The molecule has 6 heteroatoms. The van der Waals surface area contributed by atoms with E-state index >= 15 is 0 Å². The fraction of sp³-hybridized carbons (Fsp3) is 0.429. The molecular weight excluding hydrogens is 280 g/mol. The maximum absolute atomic E-state index is 11.7. The van der Waals surface area contributed by atoms with E-state index in [1.807, 2.05) is 19.9 Å². The number of nitrogens with one attached hydrogen (secondary N) is 2. The molecule has 1 rings (SSSR count). The summed E-state index contributed by atoms with van der Waals surface area (Å²) in [5.74, 6) is -0.823. The van der Waals surface area contributed by atoms with Gasteiger partial charge in [-0.05, 0) is 44.4 Å². The minimum atomic E-state index is -0.823. The fourth-order valence-corrected chi connectivity index (χ4v) is 1.87. The quantitative estimate of drug-likeness (QED) is 0.753. The summed E-state index contributed by atoms with van der Waals surface area (Å²) in [6.45, 7) is 3.72. The summed E-state index contributed by atoms with van der Waals surface area (Å²) in [7, 11) is 0. The number of carbonyl (C=O) groups excluding carboxylic acids is 1. The lowest BCUT2D eigenvalue weighted by Gasteiger charge is -2.14. The Morgan fingerprint density at radius 3 is 2.70 bits per heavy atom. The van der Waals surface area contributed by atoms with Gasteiger partial charge in [-0.25, -0.2) is 4.79 Å². The van der Waals surface area contributed by atoms with Gasteiger partial charge in [0, 0.05) is 23.2 Å². The summed E-state index contributed by atoms with van der Waals surface area (Å²) in [6.07, 6.45) is 1.27. The number of aliphatic carboxylic acids is 1. The number of carboxylic acids is 1. The number of aryl methyl sites for hydroxylation is 1. The molecule has 0 aliphatic heterocycles. The van der Waals surface area contributed by atoms with Crippen LogP contribution in [0.25, 0.3) is 0 Å². The van der Waals surface area contributed by atoms with Gasteiger partial charge in [-0.1, -0.05) is 17.7 Å². The Balaban J connectivity index is 2.38. The Kier molecular flexibility index (Phi) is 6.31. The second kappa shape index (κ2) is 7.75. The van der Waals surface area contributed by atoms with Gasteiger partial charge >= 0.3 is 12.0 Å². The molecule has 1 aromatic rings. The van der Waals surface area contributed by atoms with E-state index in [1.54, 1.807) is 12.1 Å². The van der Waals surface area contributed by atoms with Gasteiger partial charge in [0.2, 0.25) is 0 Å². The molecule has 0 aliphatic carbocycles. The van der Waals surface area contributed by atoms with Gasteiger partial charge in [-0.2, -0.15) is 0 Å². The van der Waals surface area contributed by atoms with Crippen LogP contribution in [0.4, 0.5) is 10.5 Å². The molecule has 0 saturated carbocycles. The van der Waals surface area contributed by atoms with Crippen LogP contribution in [-0.2, 0) is 4.79 Å². The highest BCUT2D eigenvalue weighted by molar-refractivity contribution is 6.31. The van der Waals surface area contributed by atoms with Gasteiger partial charge in [0.25, 0.3) is 0 Å². The first-order chi connectivity index (χ1) is 9.38. The smallest absolute Gasteiger partial charge is 0.319 e. The Bertz CT molecular complexity index is 491. The van der Waals surface area contributed by atoms with Crippen LogP contribution in [0.5, 0.6) is 0 Å². The summed E-state index contributed by atoms with van der Waals surface area (Å²) < 4.78 is 0. The fourth-order valence-electron chi connectivity index (χ4n) is 1.69. The summed E-state index contributed by atoms with van der Waals surface area (Å²) in [6, 6.07) is 4.87. The molecule has 0 saturated heterocycles. The lowest BCUT2D eigenvalue weighted by molar-refractivity contribution is -0.137. The molecule has 20 heavy (non-hydrogen) atoms. The van der Waals surface area contributed by atoms with E-state index in [-0.39, 0.29) is 18.5 Å². The van der Waals surface area contributed by atoms with Crippen molar-refractivity contribution in [2.45, 2.75) is 39.2 Å². The highest BCUT2D eigenvalue weighted by Crippen LogP contribution is 2.19. The van der Waals surface area contributed by atoms with E-state index in [1.165, 1.54) is 0 Å². The van der Waals surface area contributed by atoms with Crippen LogP contribution in [0, 0.1) is 6.92 Å². The first-order valence-corrected chi connectivity index (χ1v) is 6.81. The van der Waals surface area contributed by atoms with Crippen LogP contribution in [0.15, 0.2) is 18.2 Å². The lowest BCUT2D eigenvalue weighted by Crippen LogP contribution is -2.36. The van der Waals surface area contributed by atoms with Crippen LogP contribution >= 0.6 is 11.6 Å². The number of carbonyl (C=O) groups is 2. The van der Waals surface area contributed by atoms with Crippen LogP contribution in [0.3, 0.4) is 0 Å². The first-order valence-electron chi connectivity index (χ1n) is 6.44. The number of carboxylic acid groups (broad SMARTS) is 1. The Labute approximate surface area is 123 Å². The number of rotatable bonds is 6. The predicted molar refractivity (Wildman–Crippen MR) is 79.3 cm³/mol. The third-order valence-corrected chi connectivity index (χ3v) is 3.24. The van der Waals surface area contributed by atoms with Crippen molar-refractivity contribution in [3.8, 4) is 0 Å². The molecule has 0 bridgehead atoms. The molecule has 0 fully saturated rings. The van der Waals surface area contributed by atoms with Crippen LogP contribution in [-0.4, -0.2) is 23.1 Å². The molecule has 1 aromatic carbocycles. The topological polar surface area (TPSA) is 78.4 Å². The van der Waals surface area contributed by atoms with Gasteiger partial charge in [0.15, 0.2) is 0 Å². The molecule has 0 spiro atoms. The molecule has 0 heterocycles. The normalized spacial score (nSPS) is 11.8. The average molecular weight is 299 g/mol. The minimum Gasteiger partial charge on any atom is -0.481 e. The molecule has 1 atom stereocenters. The monoisotopic (exact) mass is 298 g/mol. The number of halogens is 1. The molecule has 0 radical (unpaired) electrons. The number of benzene rings is 1. The molecule has 2 amide bonds. The highest BCUT2D eigenvalue weighted by Gasteiger charge is 2.08. The molecule has 3 N–H and O–H groups in total. The lowest BCUT2D eigenvalue weighted by atomic mass is 10.1. The third kappa shape index (κ3) is 5.93. The van der Waals surface area contributed by atoms with Gasteiger partial charge in [0.1, 0.15) is 0 Å². The third-order valence-electron chi connectivity index (χ3n) is 2.83. The highest BCUT2D eigenvalue weighted by atomic mass is 35.5. The molecule has 110 valence electrons. The second-order valence-electron chi connectivity index (χ2n) is 4.75. The standard InChI is InChI=1S/C14H19ClN2O3/c1-9-6-7-11(8-12(9)15)17-14(20)16-10(2)4-3-5-13(18)19/h6-8,10H,3-5H2,1-2H3,(H,18,19)(H2,16,17,20). The van der Waals surface area contributed by atoms with Gasteiger partial charge in [0.05, 0.1) is 0 Å². The van der Waals surface area contributed by atoms with Crippen LogP contribution in [0.1, 0.15) is 31.7 Å². The average Bonchev–Trinajstić information content (AvgIpc) is 2.33. The maximum Gasteiger partial charge on any atom is 0.319 e. The molecule has 5 nitrogen and oxygen atoms in total. The Morgan fingerprint density at radius 2 is 2.10 bits per heavy atom. The zero-order valence-corrected chi connectivity index (χ0v) is 12.3. The van der Waals surface area contributed by atoms with E-state index in [4.69, 9.17) is 16.7 Å². The van der Waals surface area contributed by atoms with Crippen molar-refractivity contribution >= 4 is 29.3 Å². The van der Waals surface area contributed by atoms with E-state index in [9.17, 15) is 9.59 Å². The Hall–Kier alpha value is -1.75. The van der Waals surface area contributed by atoms with E-state index in [2.05, 4.69) is 10.6 Å². The van der Waals surface area contributed by atoms with Crippen LogP contribution < -0.4 is 10.6 Å². The maximum atomic E-state index is 11.7. The van der Waals surface area contributed by atoms with E-state index in [0.717, 1.165) is 5.56 Å². The summed E-state index contributed by atoms with van der Waals surface area (Å²) in [5, 5.41) is 14.6. The van der Waals surface area contributed by atoms with Gasteiger partial charge < -0.3 is 15.7 Å². The largest absolute Gasteiger partial charge is 0.481 e. The number of urea groups is 1. The molecular formula is C14H19ClN2O3. The van der Waals surface area contributed by atoms with Crippen molar-refractivity contribution in [3.63, 3.8) is 0 Å². The predicted octanol–water partition coefficient (Wildman–Crippen LogP) is 3.41. The number of anilines is 1. The minimum absolute atomic E-state index is 0.0877. The summed E-state index contributed by atoms with van der Waals surface area (Å²) in [5.41, 5.74) is 1.57. The van der Waals surface area contributed by atoms with Crippen LogP contribution in [0.2, 0.25) is 5.02 Å². The van der Waals surface area contributed by atoms with Crippen molar-refractivity contribution in [1.29, 1.82) is 0 Å². The van der Waals surface area contributed by atoms with Crippen molar-refractivity contribution in [2.75, 3.05) is 5.32 Å². The van der Waals surface area contributed by atoms with Gasteiger partial charge in [-0.15, -0.1) is 0 Å². The van der Waals surface area contributed by atoms with Crippen molar-refractivity contribution in [2.24, 2.45) is 0 Å². The Morgan fingerprint density at radius 1 is 1.40 bits per heavy atom. The summed E-state index contributed by atoms with van der Waals surface area (Å²) >= 11 is 5.97. The first kappa shape index (κ1) is 16.3. The SMILES string of the molecule is Cc1ccc(NC(=O)NC(C)CCCC(=O)O)cc1Cl. The molecule has 0 aliphatic rings. The summed E-state index contributed by atoms with van der Waals surface area (Å²) in [4.78, 5) is 22.1. The van der Waals surface area contributed by atoms with Gasteiger partial charge in [-0.3, -0.25) is 4.79 Å². The second-order valence-corrected chi connectivity index (χ2v) is 5.16. The zero-order valence-electron chi connectivity index (χ0n) is 11.6. The molecule has 0 aromatic heterocycles. The van der Waals surface area contributed by atoms with Crippen molar-refractivity contribution < 1.29 is 14.7 Å². The number of hydrogen-bond donors (Lipinski definition) is 3. The zero-order chi connectivity index (χ0) is 15.1. The molecule has 1 unspecified atom stereocenters. The van der Waals surface area contributed by atoms with E-state index in [0.29, 0.717) is 23.6 Å². The van der Waals surface area contributed by atoms with Crippen molar-refractivity contribution in [3.05, 3.63) is 28.8 Å².